The van der Waals surface area contributed by atoms with E-state index in [9.17, 15) is 0 Å². The third-order valence-corrected chi connectivity index (χ3v) is 4.80. The molecule has 1 fully saturated rings. The molecule has 0 aromatic rings. The average Bonchev–Trinajstić information content (AvgIpc) is 2.40. The minimum Gasteiger partial charge on any atom is -0.329 e. The number of rotatable bonds is 7. The van der Waals surface area contributed by atoms with Gasteiger partial charge in [0.1, 0.15) is 0 Å². The van der Waals surface area contributed by atoms with Crippen molar-refractivity contribution in [3.05, 3.63) is 0 Å². The van der Waals surface area contributed by atoms with E-state index < -0.39 is 0 Å². The zero-order valence-electron chi connectivity index (χ0n) is 12.9. The molecule has 2 N–H and O–H groups in total. The lowest BCUT2D eigenvalue weighted by molar-refractivity contribution is 0.0363. The minimum atomic E-state index is 0.258. The molecule has 0 bridgehead atoms. The van der Waals surface area contributed by atoms with Crippen LogP contribution in [0, 0.1) is 5.92 Å². The van der Waals surface area contributed by atoms with Crippen molar-refractivity contribution in [2.75, 3.05) is 39.8 Å². The van der Waals surface area contributed by atoms with Gasteiger partial charge >= 0.3 is 0 Å². The summed E-state index contributed by atoms with van der Waals surface area (Å²) in [6, 6.07) is 0. The number of nitrogens with two attached hydrogens (primary N) is 1. The molecule has 18 heavy (non-hydrogen) atoms. The second kappa shape index (κ2) is 7.46. The van der Waals surface area contributed by atoms with Gasteiger partial charge in [-0.25, -0.2) is 0 Å². The standard InChI is InChI=1S/C15H33N3/c1-5-9-18-10-7-15(13-16,8-11-18)17(4)12-14(3)6-2/h14H,5-13,16H2,1-4H3. The topological polar surface area (TPSA) is 32.5 Å². The van der Waals surface area contributed by atoms with Crippen LogP contribution in [0.15, 0.2) is 0 Å². The molecule has 1 saturated heterocycles. The number of nitrogens with zero attached hydrogens (tertiary/aromatic N) is 2. The molecule has 1 atom stereocenters. The summed E-state index contributed by atoms with van der Waals surface area (Å²) in [4.78, 5) is 5.13. The Hall–Kier alpha value is -0.120. The summed E-state index contributed by atoms with van der Waals surface area (Å²) >= 11 is 0. The van der Waals surface area contributed by atoms with Crippen LogP contribution in [-0.4, -0.2) is 55.1 Å². The van der Waals surface area contributed by atoms with E-state index >= 15 is 0 Å². The van der Waals surface area contributed by atoms with Crippen molar-refractivity contribution in [1.82, 2.24) is 9.80 Å². The van der Waals surface area contributed by atoms with Gasteiger partial charge < -0.3 is 10.6 Å². The van der Waals surface area contributed by atoms with Crippen LogP contribution in [-0.2, 0) is 0 Å². The molecule has 3 nitrogen and oxygen atoms in total. The normalized spacial score (nSPS) is 22.3. The van der Waals surface area contributed by atoms with Crippen molar-refractivity contribution in [2.24, 2.45) is 11.7 Å². The second-order valence-electron chi connectivity index (χ2n) is 6.16. The Labute approximate surface area is 114 Å². The zero-order valence-corrected chi connectivity index (χ0v) is 12.9. The largest absolute Gasteiger partial charge is 0.329 e. The molecule has 0 aliphatic carbocycles. The lowest BCUT2D eigenvalue weighted by Crippen LogP contribution is -2.58. The van der Waals surface area contributed by atoms with Gasteiger partial charge in [0.05, 0.1) is 0 Å². The Bertz CT molecular complexity index is 222. The van der Waals surface area contributed by atoms with E-state index in [2.05, 4.69) is 37.6 Å². The van der Waals surface area contributed by atoms with E-state index in [0.717, 1.165) is 12.5 Å². The van der Waals surface area contributed by atoms with Crippen LogP contribution in [0.1, 0.15) is 46.5 Å². The average molecular weight is 255 g/mol. The van der Waals surface area contributed by atoms with Crippen molar-refractivity contribution in [3.63, 3.8) is 0 Å². The maximum atomic E-state index is 6.12. The van der Waals surface area contributed by atoms with E-state index in [-0.39, 0.29) is 5.54 Å². The fourth-order valence-corrected chi connectivity index (χ4v) is 3.04. The van der Waals surface area contributed by atoms with Crippen LogP contribution in [0.4, 0.5) is 0 Å². The van der Waals surface area contributed by atoms with Gasteiger partial charge in [0.25, 0.3) is 0 Å². The maximum Gasteiger partial charge on any atom is 0.0353 e. The van der Waals surface area contributed by atoms with Crippen molar-refractivity contribution < 1.29 is 0 Å². The number of hydrogen-bond donors (Lipinski definition) is 1. The van der Waals surface area contributed by atoms with Gasteiger partial charge in [0.2, 0.25) is 0 Å². The molecule has 0 saturated carbocycles. The van der Waals surface area contributed by atoms with Crippen molar-refractivity contribution in [3.8, 4) is 0 Å². The highest BCUT2D eigenvalue weighted by molar-refractivity contribution is 4.95. The molecule has 1 heterocycles. The predicted molar refractivity (Wildman–Crippen MR) is 79.8 cm³/mol. The van der Waals surface area contributed by atoms with Gasteiger partial charge in [0.15, 0.2) is 0 Å². The first-order valence-corrected chi connectivity index (χ1v) is 7.71. The van der Waals surface area contributed by atoms with Crippen molar-refractivity contribution in [1.29, 1.82) is 0 Å². The van der Waals surface area contributed by atoms with Crippen molar-refractivity contribution >= 4 is 0 Å². The highest BCUT2D eigenvalue weighted by Gasteiger charge is 2.36. The molecule has 0 aromatic carbocycles. The predicted octanol–water partition coefficient (Wildman–Crippen LogP) is 2.17. The quantitative estimate of drug-likeness (QED) is 0.757. The van der Waals surface area contributed by atoms with Gasteiger partial charge in [-0.15, -0.1) is 0 Å². The summed E-state index contributed by atoms with van der Waals surface area (Å²) in [6.45, 7) is 12.5. The van der Waals surface area contributed by atoms with Crippen LogP contribution >= 0.6 is 0 Å². The van der Waals surface area contributed by atoms with Gasteiger partial charge in [-0.1, -0.05) is 27.2 Å². The monoisotopic (exact) mass is 255 g/mol. The lowest BCUT2D eigenvalue weighted by atomic mass is 9.85. The summed E-state index contributed by atoms with van der Waals surface area (Å²) in [5, 5.41) is 0. The van der Waals surface area contributed by atoms with Crippen LogP contribution in [0.25, 0.3) is 0 Å². The summed E-state index contributed by atoms with van der Waals surface area (Å²) in [7, 11) is 2.27. The molecule has 1 rings (SSSR count). The first-order chi connectivity index (χ1) is 8.57. The first-order valence-electron chi connectivity index (χ1n) is 7.71. The number of piperidine rings is 1. The third-order valence-electron chi connectivity index (χ3n) is 4.80. The molecule has 3 heteroatoms. The molecule has 1 aliphatic rings. The fraction of sp³-hybridized carbons (Fsp3) is 1.00. The van der Waals surface area contributed by atoms with E-state index in [1.807, 2.05) is 0 Å². The van der Waals surface area contributed by atoms with Crippen LogP contribution in [0.3, 0.4) is 0 Å². The fourth-order valence-electron chi connectivity index (χ4n) is 3.04. The highest BCUT2D eigenvalue weighted by atomic mass is 15.2. The Morgan fingerprint density at radius 2 is 1.89 bits per heavy atom. The molecule has 0 aromatic heterocycles. The molecule has 108 valence electrons. The SMILES string of the molecule is CCCN1CCC(CN)(N(C)CC(C)CC)CC1. The van der Waals surface area contributed by atoms with Gasteiger partial charge in [-0.3, -0.25) is 4.90 Å². The first kappa shape index (κ1) is 15.9. The number of hydrogen-bond acceptors (Lipinski definition) is 3. The van der Waals surface area contributed by atoms with Gasteiger partial charge in [-0.05, 0) is 51.9 Å². The van der Waals surface area contributed by atoms with E-state index in [0.29, 0.717) is 0 Å². The van der Waals surface area contributed by atoms with Crippen LogP contribution in [0.2, 0.25) is 0 Å². The Morgan fingerprint density at radius 3 is 2.33 bits per heavy atom. The van der Waals surface area contributed by atoms with Gasteiger partial charge in [0, 0.05) is 18.6 Å². The Morgan fingerprint density at radius 1 is 1.28 bits per heavy atom. The highest BCUT2D eigenvalue weighted by Crippen LogP contribution is 2.28. The van der Waals surface area contributed by atoms with E-state index in [4.69, 9.17) is 5.73 Å². The molecule has 1 aliphatic heterocycles. The lowest BCUT2D eigenvalue weighted by Gasteiger charge is -2.47. The Kier molecular flexibility index (Phi) is 6.61. The maximum absolute atomic E-state index is 6.12. The molecule has 0 spiro atoms. The zero-order chi connectivity index (χ0) is 13.6. The van der Waals surface area contributed by atoms with Crippen LogP contribution in [0.5, 0.6) is 0 Å². The molecular weight excluding hydrogens is 222 g/mol. The van der Waals surface area contributed by atoms with E-state index in [1.165, 1.54) is 51.9 Å². The summed E-state index contributed by atoms with van der Waals surface area (Å²) in [5.41, 5.74) is 6.37. The van der Waals surface area contributed by atoms with Crippen molar-refractivity contribution in [2.45, 2.75) is 52.0 Å². The second-order valence-corrected chi connectivity index (χ2v) is 6.16. The molecule has 1 unspecified atom stereocenters. The minimum absolute atomic E-state index is 0.258. The summed E-state index contributed by atoms with van der Waals surface area (Å²) in [5.74, 6) is 0.770. The summed E-state index contributed by atoms with van der Waals surface area (Å²) < 4.78 is 0. The van der Waals surface area contributed by atoms with Crippen LogP contribution < -0.4 is 5.73 Å². The summed E-state index contributed by atoms with van der Waals surface area (Å²) in [6.07, 6.45) is 4.98. The molecular formula is C15H33N3. The third kappa shape index (κ3) is 3.94. The van der Waals surface area contributed by atoms with Gasteiger partial charge in [-0.2, -0.15) is 0 Å². The Balaban J connectivity index is 2.54. The van der Waals surface area contributed by atoms with E-state index in [1.54, 1.807) is 0 Å². The number of likely N-dealkylation sites (tertiary alicyclic amines) is 1. The molecule has 0 radical (unpaired) electrons. The molecule has 0 amide bonds. The number of likely N-dealkylation sites (N-methyl/N-ethyl adjacent to an activating group) is 1. The smallest absolute Gasteiger partial charge is 0.0353 e.